The van der Waals surface area contributed by atoms with Crippen LogP contribution < -0.4 is 5.32 Å². The minimum absolute atomic E-state index is 0.0686. The molecule has 1 N–H and O–H groups in total. The number of fused-ring (bicyclic) bond motifs is 1. The normalized spacial score (nSPS) is 16.2. The molecule has 1 aromatic heterocycles. The van der Waals surface area contributed by atoms with Gasteiger partial charge in [0.05, 0.1) is 17.6 Å². The molecule has 1 fully saturated rings. The number of rotatable bonds is 6. The first-order chi connectivity index (χ1) is 12.6. The van der Waals surface area contributed by atoms with Crippen molar-refractivity contribution in [3.63, 3.8) is 0 Å². The van der Waals surface area contributed by atoms with E-state index in [1.807, 2.05) is 12.1 Å². The highest BCUT2D eigenvalue weighted by Gasteiger charge is 2.16. The molecule has 5 nitrogen and oxygen atoms in total. The second kappa shape index (κ2) is 8.67. The number of amides is 1. The Morgan fingerprint density at radius 3 is 2.58 bits per heavy atom. The van der Waals surface area contributed by atoms with Crippen LogP contribution in [0.2, 0.25) is 0 Å². The summed E-state index contributed by atoms with van der Waals surface area (Å²) in [6.45, 7) is 10.5. The Labute approximate surface area is 156 Å². The van der Waals surface area contributed by atoms with Gasteiger partial charge in [-0.05, 0) is 57.0 Å². The first kappa shape index (κ1) is 18.9. The van der Waals surface area contributed by atoms with Crippen molar-refractivity contribution in [2.45, 2.75) is 66.0 Å². The second-order valence-electron chi connectivity index (χ2n) is 7.81. The lowest BCUT2D eigenvalue weighted by Gasteiger charge is -2.19. The number of anilines is 1. The van der Waals surface area contributed by atoms with Crippen molar-refractivity contribution in [1.82, 2.24) is 14.5 Å². The second-order valence-corrected chi connectivity index (χ2v) is 7.81. The van der Waals surface area contributed by atoms with Crippen LogP contribution in [0.1, 0.15) is 58.7 Å². The van der Waals surface area contributed by atoms with Crippen molar-refractivity contribution in [3.05, 3.63) is 24.0 Å². The average molecular weight is 357 g/mol. The molecule has 5 heteroatoms. The molecule has 0 unspecified atom stereocenters. The smallest absolute Gasteiger partial charge is 0.224 e. The zero-order valence-corrected chi connectivity index (χ0v) is 16.4. The van der Waals surface area contributed by atoms with E-state index in [0.29, 0.717) is 12.3 Å². The van der Waals surface area contributed by atoms with Gasteiger partial charge >= 0.3 is 0 Å². The molecule has 0 radical (unpaired) electrons. The summed E-state index contributed by atoms with van der Waals surface area (Å²) in [6, 6.07) is 6.08. The van der Waals surface area contributed by atoms with E-state index < -0.39 is 0 Å². The fourth-order valence-electron chi connectivity index (χ4n) is 3.81. The summed E-state index contributed by atoms with van der Waals surface area (Å²) >= 11 is 0. The minimum Gasteiger partial charge on any atom is -0.327 e. The Bertz CT molecular complexity index is 742. The highest BCUT2D eigenvalue weighted by atomic mass is 16.1. The van der Waals surface area contributed by atoms with Crippen LogP contribution in [0.4, 0.5) is 5.69 Å². The van der Waals surface area contributed by atoms with Crippen molar-refractivity contribution >= 4 is 22.6 Å². The molecule has 1 aliphatic heterocycles. The molecular weight excluding hydrogens is 324 g/mol. The maximum Gasteiger partial charge on any atom is 0.224 e. The Morgan fingerprint density at radius 1 is 1.19 bits per heavy atom. The number of nitrogens with zero attached hydrogens (tertiary/aromatic N) is 3. The van der Waals surface area contributed by atoms with E-state index in [4.69, 9.17) is 4.98 Å². The molecule has 0 saturated carbocycles. The first-order valence-corrected chi connectivity index (χ1v) is 10.1. The number of likely N-dealkylation sites (tertiary alicyclic amines) is 1. The summed E-state index contributed by atoms with van der Waals surface area (Å²) in [6.07, 6.45) is 5.82. The first-order valence-electron chi connectivity index (χ1n) is 10.1. The molecule has 1 aromatic carbocycles. The van der Waals surface area contributed by atoms with Gasteiger partial charge in [0.15, 0.2) is 0 Å². The maximum absolute atomic E-state index is 12.0. The summed E-state index contributed by atoms with van der Waals surface area (Å²) < 4.78 is 2.31. The zero-order valence-electron chi connectivity index (χ0n) is 16.4. The van der Waals surface area contributed by atoms with Gasteiger partial charge in [-0.1, -0.05) is 26.7 Å². The number of aryl methyl sites for hydroxylation is 1. The maximum atomic E-state index is 12.0. The SMILES string of the molecule is CCn1c(CN2CCCCCC2)nc2cc(NC(=O)CC(C)C)ccc21. The fraction of sp³-hybridized carbons (Fsp3) is 0.619. The fourth-order valence-corrected chi connectivity index (χ4v) is 3.81. The Balaban J connectivity index is 1.80. The summed E-state index contributed by atoms with van der Waals surface area (Å²) in [5.41, 5.74) is 2.96. The molecule has 0 bridgehead atoms. The summed E-state index contributed by atoms with van der Waals surface area (Å²) in [5, 5.41) is 3.00. The molecule has 2 heterocycles. The third-order valence-electron chi connectivity index (χ3n) is 5.08. The summed E-state index contributed by atoms with van der Waals surface area (Å²) in [7, 11) is 0. The Hall–Kier alpha value is -1.88. The number of imidazole rings is 1. The van der Waals surface area contributed by atoms with Crippen LogP contribution in [-0.2, 0) is 17.9 Å². The van der Waals surface area contributed by atoms with Crippen molar-refractivity contribution in [3.8, 4) is 0 Å². The predicted octanol–water partition coefficient (Wildman–Crippen LogP) is 4.42. The van der Waals surface area contributed by atoms with Crippen LogP contribution >= 0.6 is 0 Å². The minimum atomic E-state index is 0.0686. The van der Waals surface area contributed by atoms with Crippen molar-refractivity contribution in [2.75, 3.05) is 18.4 Å². The van der Waals surface area contributed by atoms with Gasteiger partial charge in [0.25, 0.3) is 0 Å². The average Bonchev–Trinajstić information content (AvgIpc) is 2.74. The van der Waals surface area contributed by atoms with Crippen molar-refractivity contribution < 1.29 is 4.79 Å². The molecule has 0 spiro atoms. The number of carbonyl (C=O) groups excluding carboxylic acids is 1. The lowest BCUT2D eigenvalue weighted by molar-refractivity contribution is -0.116. The van der Waals surface area contributed by atoms with Gasteiger partial charge in [-0.15, -0.1) is 0 Å². The van der Waals surface area contributed by atoms with Gasteiger partial charge < -0.3 is 9.88 Å². The number of aromatic nitrogens is 2. The molecule has 0 aliphatic carbocycles. The van der Waals surface area contributed by atoms with Crippen LogP contribution in [0.15, 0.2) is 18.2 Å². The van der Waals surface area contributed by atoms with Crippen LogP contribution in [-0.4, -0.2) is 33.4 Å². The number of benzene rings is 1. The number of hydrogen-bond acceptors (Lipinski definition) is 3. The summed E-state index contributed by atoms with van der Waals surface area (Å²) in [5.74, 6) is 1.56. The van der Waals surface area contributed by atoms with E-state index in [1.54, 1.807) is 0 Å². The molecule has 1 saturated heterocycles. The van der Waals surface area contributed by atoms with Gasteiger partial charge in [0.2, 0.25) is 5.91 Å². The van der Waals surface area contributed by atoms with E-state index in [9.17, 15) is 4.79 Å². The lowest BCUT2D eigenvalue weighted by Crippen LogP contribution is -2.25. The van der Waals surface area contributed by atoms with E-state index in [0.717, 1.165) is 35.6 Å². The molecule has 2 aromatic rings. The molecular formula is C21H32N4O. The highest BCUT2D eigenvalue weighted by molar-refractivity contribution is 5.93. The zero-order chi connectivity index (χ0) is 18.5. The standard InChI is InChI=1S/C21H32N4O/c1-4-25-19-10-9-17(22-21(26)13-16(2)3)14-18(19)23-20(25)15-24-11-7-5-6-8-12-24/h9-10,14,16H,4-8,11-13,15H2,1-3H3,(H,22,26). The molecule has 26 heavy (non-hydrogen) atoms. The van der Waals surface area contributed by atoms with Gasteiger partial charge in [0, 0.05) is 18.7 Å². The summed E-state index contributed by atoms with van der Waals surface area (Å²) in [4.78, 5) is 19.5. The van der Waals surface area contributed by atoms with Crippen LogP contribution in [0.5, 0.6) is 0 Å². The van der Waals surface area contributed by atoms with E-state index in [-0.39, 0.29) is 5.91 Å². The lowest BCUT2D eigenvalue weighted by atomic mass is 10.1. The number of nitrogens with one attached hydrogen (secondary N) is 1. The monoisotopic (exact) mass is 356 g/mol. The molecule has 1 aliphatic rings. The van der Waals surface area contributed by atoms with Crippen molar-refractivity contribution in [2.24, 2.45) is 5.92 Å². The quantitative estimate of drug-likeness (QED) is 0.834. The largest absolute Gasteiger partial charge is 0.327 e. The third kappa shape index (κ3) is 4.64. The topological polar surface area (TPSA) is 50.2 Å². The van der Waals surface area contributed by atoms with Gasteiger partial charge in [0.1, 0.15) is 5.82 Å². The van der Waals surface area contributed by atoms with E-state index >= 15 is 0 Å². The van der Waals surface area contributed by atoms with Gasteiger partial charge in [-0.3, -0.25) is 9.69 Å². The Kier molecular flexibility index (Phi) is 6.30. The molecule has 142 valence electrons. The van der Waals surface area contributed by atoms with Crippen LogP contribution in [0.25, 0.3) is 11.0 Å². The number of hydrogen-bond donors (Lipinski definition) is 1. The number of carbonyl (C=O) groups is 1. The van der Waals surface area contributed by atoms with Gasteiger partial charge in [-0.2, -0.15) is 0 Å². The van der Waals surface area contributed by atoms with E-state index in [2.05, 4.69) is 41.6 Å². The molecule has 3 rings (SSSR count). The van der Waals surface area contributed by atoms with Gasteiger partial charge in [-0.25, -0.2) is 4.98 Å². The van der Waals surface area contributed by atoms with Crippen LogP contribution in [0, 0.1) is 5.92 Å². The predicted molar refractivity (Wildman–Crippen MR) is 107 cm³/mol. The Morgan fingerprint density at radius 2 is 1.92 bits per heavy atom. The van der Waals surface area contributed by atoms with E-state index in [1.165, 1.54) is 38.8 Å². The third-order valence-corrected chi connectivity index (χ3v) is 5.08. The highest BCUT2D eigenvalue weighted by Crippen LogP contribution is 2.23. The molecule has 1 amide bonds. The van der Waals surface area contributed by atoms with Crippen molar-refractivity contribution in [1.29, 1.82) is 0 Å². The van der Waals surface area contributed by atoms with Crippen LogP contribution in [0.3, 0.4) is 0 Å². The molecule has 0 atom stereocenters.